The molecule has 92 valence electrons. The summed E-state index contributed by atoms with van der Waals surface area (Å²) >= 11 is 0. The van der Waals surface area contributed by atoms with Crippen molar-refractivity contribution in [2.75, 3.05) is 0 Å². The fourth-order valence-corrected chi connectivity index (χ4v) is 0.603. The molecular weight excluding hydrogens is 208 g/mol. The van der Waals surface area contributed by atoms with Crippen LogP contribution in [-0.4, -0.2) is 27.4 Å². The van der Waals surface area contributed by atoms with Crippen LogP contribution in [-0.2, 0) is 4.79 Å². The van der Waals surface area contributed by atoms with E-state index in [1.807, 2.05) is 19.9 Å². The highest BCUT2D eigenvalue weighted by atomic mass is 16.4. The van der Waals surface area contributed by atoms with E-state index in [1.54, 1.807) is 31.2 Å². The Bertz CT molecular complexity index is 259. The van der Waals surface area contributed by atoms with E-state index in [1.165, 1.54) is 0 Å². The van der Waals surface area contributed by atoms with Gasteiger partial charge in [0, 0.05) is 0 Å². The summed E-state index contributed by atoms with van der Waals surface area (Å²) in [6.45, 7) is 5.61. The molecule has 0 spiro atoms. The van der Waals surface area contributed by atoms with Crippen LogP contribution >= 0.6 is 0 Å². The zero-order valence-electron chi connectivity index (χ0n) is 9.92. The Balaban J connectivity index is 0. The predicted octanol–water partition coefficient (Wildman–Crippen LogP) is 2.26. The lowest BCUT2D eigenvalue weighted by atomic mass is 10.3. The number of aliphatic hydroxyl groups is 1. The zero-order valence-corrected chi connectivity index (χ0v) is 9.92. The summed E-state index contributed by atoms with van der Waals surface area (Å²) in [7, 11) is 0. The van der Waals surface area contributed by atoms with Crippen LogP contribution in [0, 0.1) is 0 Å². The molecule has 1 aromatic carbocycles. The van der Waals surface area contributed by atoms with E-state index in [2.05, 4.69) is 0 Å². The molecule has 0 bridgehead atoms. The fraction of sp³-hybridized carbons (Fsp3) is 0.417. The van der Waals surface area contributed by atoms with Crippen molar-refractivity contribution in [1.82, 2.24) is 0 Å². The summed E-state index contributed by atoms with van der Waals surface area (Å²) in [6, 6.07) is 8.71. The molecule has 0 aliphatic heterocycles. The Morgan fingerprint density at radius 2 is 1.69 bits per heavy atom. The summed E-state index contributed by atoms with van der Waals surface area (Å²) in [4.78, 5) is 9.68. The van der Waals surface area contributed by atoms with Gasteiger partial charge in [0.15, 0.2) is 6.10 Å². The number of hydrogen-bond acceptors (Lipinski definition) is 3. The lowest BCUT2D eigenvalue weighted by molar-refractivity contribution is -0.146. The molecule has 0 saturated carbocycles. The molecule has 0 heterocycles. The Labute approximate surface area is 96.2 Å². The minimum Gasteiger partial charge on any atom is -0.508 e. The molecule has 1 unspecified atom stereocenters. The van der Waals surface area contributed by atoms with Crippen LogP contribution in [0.15, 0.2) is 30.3 Å². The number of carbonyl (C=O) groups is 1. The van der Waals surface area contributed by atoms with Crippen molar-refractivity contribution in [2.45, 2.75) is 33.3 Å². The minimum absolute atomic E-state index is 0.273. The number of aromatic hydroxyl groups is 1. The summed E-state index contributed by atoms with van der Waals surface area (Å²) < 4.78 is 0. The number of aliphatic hydroxyl groups excluding tert-OH is 1. The van der Waals surface area contributed by atoms with Gasteiger partial charge in [0.25, 0.3) is 0 Å². The third-order valence-electron chi connectivity index (χ3n) is 1.43. The van der Waals surface area contributed by atoms with Crippen molar-refractivity contribution in [3.05, 3.63) is 30.3 Å². The molecule has 1 rings (SSSR count). The minimum atomic E-state index is -1.18. The first-order valence-electron chi connectivity index (χ1n) is 5.22. The van der Waals surface area contributed by atoms with Gasteiger partial charge in [-0.05, 0) is 18.6 Å². The highest BCUT2D eigenvalue weighted by Crippen LogP contribution is 2.02. The van der Waals surface area contributed by atoms with E-state index >= 15 is 0 Å². The summed E-state index contributed by atoms with van der Waals surface area (Å²) in [5.41, 5.74) is 0. The van der Waals surface area contributed by atoms with Crippen LogP contribution in [0.2, 0.25) is 0 Å². The highest BCUT2D eigenvalue weighted by molar-refractivity contribution is 5.71. The van der Waals surface area contributed by atoms with Gasteiger partial charge in [-0.1, -0.05) is 39.0 Å². The topological polar surface area (TPSA) is 77.8 Å². The molecule has 0 radical (unpaired) electrons. The second-order valence-corrected chi connectivity index (χ2v) is 2.60. The van der Waals surface area contributed by atoms with Gasteiger partial charge >= 0.3 is 5.97 Å². The lowest BCUT2D eigenvalue weighted by Crippen LogP contribution is -2.17. The van der Waals surface area contributed by atoms with Gasteiger partial charge in [-0.3, -0.25) is 0 Å². The first kappa shape index (κ1) is 16.9. The molecular formula is C12H20O4. The maximum absolute atomic E-state index is 9.68. The predicted molar refractivity (Wildman–Crippen MR) is 63.4 cm³/mol. The van der Waals surface area contributed by atoms with Gasteiger partial charge in [0.1, 0.15) is 5.75 Å². The monoisotopic (exact) mass is 228 g/mol. The van der Waals surface area contributed by atoms with E-state index in [0.29, 0.717) is 5.75 Å². The first-order chi connectivity index (χ1) is 7.57. The molecule has 0 amide bonds. The summed E-state index contributed by atoms with van der Waals surface area (Å²) in [5.74, 6) is -0.829. The number of rotatable bonds is 2. The fourth-order valence-electron chi connectivity index (χ4n) is 0.603. The van der Waals surface area contributed by atoms with Gasteiger partial charge in [-0.2, -0.15) is 0 Å². The number of hydrogen-bond donors (Lipinski definition) is 3. The Kier molecular flexibility index (Phi) is 12.1. The SMILES string of the molecule is CC.CCC(O)C(=O)O.Oc1ccccc1. The average molecular weight is 228 g/mol. The Morgan fingerprint density at radius 3 is 1.81 bits per heavy atom. The molecule has 1 atom stereocenters. The maximum atomic E-state index is 9.68. The first-order valence-corrected chi connectivity index (χ1v) is 5.22. The molecule has 0 aromatic heterocycles. The Morgan fingerprint density at radius 1 is 1.25 bits per heavy atom. The molecule has 16 heavy (non-hydrogen) atoms. The van der Waals surface area contributed by atoms with Gasteiger partial charge < -0.3 is 15.3 Å². The zero-order chi connectivity index (χ0) is 13.0. The summed E-state index contributed by atoms with van der Waals surface area (Å²) in [6.07, 6.45) is -0.907. The van der Waals surface area contributed by atoms with Crippen LogP contribution in [0.4, 0.5) is 0 Å². The van der Waals surface area contributed by atoms with Crippen LogP contribution < -0.4 is 0 Å². The van der Waals surface area contributed by atoms with E-state index in [-0.39, 0.29) is 6.42 Å². The number of para-hydroxylation sites is 1. The van der Waals surface area contributed by atoms with E-state index in [4.69, 9.17) is 15.3 Å². The van der Waals surface area contributed by atoms with E-state index in [9.17, 15) is 4.79 Å². The smallest absolute Gasteiger partial charge is 0.332 e. The third kappa shape index (κ3) is 10.5. The molecule has 4 heteroatoms. The van der Waals surface area contributed by atoms with Crippen LogP contribution in [0.5, 0.6) is 5.75 Å². The van der Waals surface area contributed by atoms with Crippen molar-refractivity contribution < 1.29 is 20.1 Å². The van der Waals surface area contributed by atoms with Crippen molar-refractivity contribution in [3.63, 3.8) is 0 Å². The van der Waals surface area contributed by atoms with Gasteiger partial charge in [0.05, 0.1) is 0 Å². The van der Waals surface area contributed by atoms with Crippen LogP contribution in [0.25, 0.3) is 0 Å². The highest BCUT2D eigenvalue weighted by Gasteiger charge is 2.07. The summed E-state index contributed by atoms with van der Waals surface area (Å²) in [5, 5.41) is 24.9. The second kappa shape index (κ2) is 11.5. The van der Waals surface area contributed by atoms with Crippen molar-refractivity contribution >= 4 is 5.97 Å². The maximum Gasteiger partial charge on any atom is 0.332 e. The number of benzene rings is 1. The number of carboxylic acids is 1. The van der Waals surface area contributed by atoms with Crippen molar-refractivity contribution in [3.8, 4) is 5.75 Å². The second-order valence-electron chi connectivity index (χ2n) is 2.60. The molecule has 4 nitrogen and oxygen atoms in total. The van der Waals surface area contributed by atoms with E-state index in [0.717, 1.165) is 0 Å². The third-order valence-corrected chi connectivity index (χ3v) is 1.43. The molecule has 0 fully saturated rings. The molecule has 3 N–H and O–H groups in total. The molecule has 0 aliphatic carbocycles. The number of phenols is 1. The average Bonchev–Trinajstić information content (AvgIpc) is 2.32. The molecule has 0 saturated heterocycles. The van der Waals surface area contributed by atoms with Gasteiger partial charge in [-0.15, -0.1) is 0 Å². The number of carboxylic acid groups (broad SMARTS) is 1. The molecule has 1 aromatic rings. The Hall–Kier alpha value is -1.55. The van der Waals surface area contributed by atoms with Crippen LogP contribution in [0.1, 0.15) is 27.2 Å². The van der Waals surface area contributed by atoms with Gasteiger partial charge in [0.2, 0.25) is 0 Å². The van der Waals surface area contributed by atoms with Crippen molar-refractivity contribution in [2.24, 2.45) is 0 Å². The largest absolute Gasteiger partial charge is 0.508 e. The van der Waals surface area contributed by atoms with E-state index < -0.39 is 12.1 Å². The lowest BCUT2D eigenvalue weighted by Gasteiger charge is -1.95. The number of phenolic OH excluding ortho intramolecular Hbond substituents is 1. The molecule has 0 aliphatic rings. The van der Waals surface area contributed by atoms with Crippen molar-refractivity contribution in [1.29, 1.82) is 0 Å². The standard InChI is InChI=1S/C6H6O.C4H8O3.C2H6/c7-6-4-2-1-3-5-6;1-2-3(5)4(6)7;1-2/h1-5,7H;3,5H,2H2,1H3,(H,6,7);1-2H3. The quantitative estimate of drug-likeness (QED) is 0.725. The normalized spacial score (nSPS) is 10.0. The number of aliphatic carboxylic acids is 1. The van der Waals surface area contributed by atoms with Gasteiger partial charge in [-0.25, -0.2) is 4.79 Å². The van der Waals surface area contributed by atoms with Crippen LogP contribution in [0.3, 0.4) is 0 Å².